The van der Waals surface area contributed by atoms with E-state index < -0.39 is 0 Å². The van der Waals surface area contributed by atoms with Gasteiger partial charge in [-0.15, -0.1) is 0 Å². The minimum atomic E-state index is 0.129. The molecule has 0 amide bonds. The van der Waals surface area contributed by atoms with Crippen molar-refractivity contribution in [2.45, 2.75) is 50.5 Å². The predicted octanol–water partition coefficient (Wildman–Crippen LogP) is 1.86. The van der Waals surface area contributed by atoms with Gasteiger partial charge in [-0.25, -0.2) is 4.68 Å². The van der Waals surface area contributed by atoms with Crippen LogP contribution in [0.1, 0.15) is 44.2 Å². The van der Waals surface area contributed by atoms with Crippen molar-refractivity contribution >= 4 is 0 Å². The Balaban J connectivity index is 1.66. The zero-order valence-corrected chi connectivity index (χ0v) is 12.3. The zero-order chi connectivity index (χ0) is 13.7. The average molecular weight is 275 g/mol. The Morgan fingerprint density at radius 2 is 1.85 bits per heavy atom. The van der Waals surface area contributed by atoms with Crippen molar-refractivity contribution in [1.82, 2.24) is 15.1 Å². The highest BCUT2D eigenvalue weighted by atomic mass is 16.1. The Morgan fingerprint density at radius 1 is 1.25 bits per heavy atom. The van der Waals surface area contributed by atoms with Gasteiger partial charge >= 0.3 is 0 Å². The molecule has 4 aliphatic rings. The Bertz CT molecular complexity index is 521. The van der Waals surface area contributed by atoms with Gasteiger partial charge in [0.1, 0.15) is 0 Å². The van der Waals surface area contributed by atoms with E-state index in [1.807, 2.05) is 17.8 Å². The minimum absolute atomic E-state index is 0.129. The van der Waals surface area contributed by atoms with E-state index in [1.165, 1.54) is 38.5 Å². The maximum atomic E-state index is 12.4. The lowest BCUT2D eigenvalue weighted by Gasteiger charge is -2.56. The first kappa shape index (κ1) is 12.7. The molecule has 1 aromatic rings. The molecule has 1 aromatic heterocycles. The van der Waals surface area contributed by atoms with Gasteiger partial charge in [-0.3, -0.25) is 9.89 Å². The van der Waals surface area contributed by atoms with E-state index in [0.717, 1.165) is 36.4 Å². The van der Waals surface area contributed by atoms with Crippen LogP contribution in [0.15, 0.2) is 10.9 Å². The number of rotatable bonds is 4. The molecule has 4 nitrogen and oxygen atoms in total. The summed E-state index contributed by atoms with van der Waals surface area (Å²) in [6, 6.07) is 1.82. The number of hydrogen-bond donors (Lipinski definition) is 2. The second-order valence-electron chi connectivity index (χ2n) is 7.45. The Morgan fingerprint density at radius 3 is 2.40 bits per heavy atom. The monoisotopic (exact) mass is 275 g/mol. The lowest BCUT2D eigenvalue weighted by atomic mass is 9.53. The van der Waals surface area contributed by atoms with Crippen LogP contribution in [0.25, 0.3) is 0 Å². The van der Waals surface area contributed by atoms with E-state index in [1.54, 1.807) is 0 Å². The summed E-state index contributed by atoms with van der Waals surface area (Å²) in [5.74, 6) is 2.62. The summed E-state index contributed by atoms with van der Waals surface area (Å²) in [5, 5.41) is 6.59. The van der Waals surface area contributed by atoms with Crippen molar-refractivity contribution < 1.29 is 0 Å². The zero-order valence-electron chi connectivity index (χ0n) is 12.3. The highest BCUT2D eigenvalue weighted by molar-refractivity contribution is 5.09. The molecule has 4 aliphatic carbocycles. The molecule has 20 heavy (non-hydrogen) atoms. The van der Waals surface area contributed by atoms with E-state index in [4.69, 9.17) is 0 Å². The molecular weight excluding hydrogens is 250 g/mol. The van der Waals surface area contributed by atoms with E-state index in [9.17, 15) is 4.79 Å². The molecule has 4 fully saturated rings. The van der Waals surface area contributed by atoms with E-state index in [0.29, 0.717) is 0 Å². The largest absolute Gasteiger partial charge is 0.319 e. The molecule has 4 bridgehead atoms. The third-order valence-corrected chi connectivity index (χ3v) is 5.90. The van der Waals surface area contributed by atoms with Gasteiger partial charge in [0.2, 0.25) is 0 Å². The second kappa shape index (κ2) is 4.48. The van der Waals surface area contributed by atoms with Gasteiger partial charge in [0.15, 0.2) is 0 Å². The highest BCUT2D eigenvalue weighted by Crippen LogP contribution is 2.58. The Hall–Kier alpha value is -1.03. The van der Waals surface area contributed by atoms with Crippen LogP contribution in [-0.2, 0) is 12.0 Å². The number of aromatic nitrogens is 2. The minimum Gasteiger partial charge on any atom is -0.319 e. The molecule has 4 heteroatoms. The molecule has 4 saturated carbocycles. The molecule has 1 heterocycles. The van der Waals surface area contributed by atoms with Crippen LogP contribution in [0.2, 0.25) is 0 Å². The Kier molecular flexibility index (Phi) is 2.85. The highest BCUT2D eigenvalue weighted by Gasteiger charge is 2.52. The molecule has 0 atom stereocenters. The fourth-order valence-corrected chi connectivity index (χ4v) is 5.52. The number of nitrogens with one attached hydrogen (secondary N) is 2. The first-order chi connectivity index (χ1) is 9.68. The van der Waals surface area contributed by atoms with Crippen LogP contribution in [0.3, 0.4) is 0 Å². The fraction of sp³-hybridized carbons (Fsp3) is 0.812. The van der Waals surface area contributed by atoms with Gasteiger partial charge in [0, 0.05) is 24.7 Å². The molecule has 5 rings (SSSR count). The first-order valence-electron chi connectivity index (χ1n) is 8.14. The second-order valence-corrected chi connectivity index (χ2v) is 7.45. The van der Waals surface area contributed by atoms with Crippen LogP contribution in [0, 0.1) is 17.8 Å². The van der Waals surface area contributed by atoms with E-state index >= 15 is 0 Å². The standard InChI is InChI=1S/C16H25N3O/c1-17-3-2-14-7-15(20)19(18-14)16-8-11-4-12(9-16)6-13(5-11)10-16/h7,11-13,17-18H,2-6,8-10H2,1H3. The normalized spacial score (nSPS) is 38.5. The quantitative estimate of drug-likeness (QED) is 0.881. The molecule has 0 saturated heterocycles. The summed E-state index contributed by atoms with van der Waals surface area (Å²) in [6.07, 6.45) is 8.84. The molecule has 0 radical (unpaired) electrons. The van der Waals surface area contributed by atoms with Crippen molar-refractivity contribution in [3.05, 3.63) is 22.1 Å². The smallest absolute Gasteiger partial charge is 0.267 e. The topological polar surface area (TPSA) is 49.8 Å². The number of nitrogens with zero attached hydrogens (tertiary/aromatic N) is 1. The van der Waals surface area contributed by atoms with Gasteiger partial charge in [-0.1, -0.05) is 0 Å². The third kappa shape index (κ3) is 1.88. The van der Waals surface area contributed by atoms with Crippen LogP contribution >= 0.6 is 0 Å². The molecular formula is C16H25N3O. The maximum Gasteiger partial charge on any atom is 0.267 e. The lowest BCUT2D eigenvalue weighted by molar-refractivity contribution is -0.0511. The van der Waals surface area contributed by atoms with Gasteiger partial charge in [-0.05, 0) is 63.3 Å². The summed E-state index contributed by atoms with van der Waals surface area (Å²) in [6.45, 7) is 0.917. The lowest BCUT2D eigenvalue weighted by Crippen LogP contribution is -2.54. The van der Waals surface area contributed by atoms with Gasteiger partial charge in [0.05, 0.1) is 5.54 Å². The van der Waals surface area contributed by atoms with Gasteiger partial charge in [0.25, 0.3) is 5.56 Å². The fourth-order valence-electron chi connectivity index (χ4n) is 5.52. The number of hydrogen-bond acceptors (Lipinski definition) is 2. The summed E-state index contributed by atoms with van der Waals surface area (Å²) in [4.78, 5) is 12.4. The van der Waals surface area contributed by atoms with Crippen molar-refractivity contribution in [1.29, 1.82) is 0 Å². The summed E-state index contributed by atoms with van der Waals surface area (Å²) in [7, 11) is 1.95. The van der Waals surface area contributed by atoms with Gasteiger partial charge < -0.3 is 5.32 Å². The number of aromatic amines is 1. The first-order valence-corrected chi connectivity index (χ1v) is 8.14. The van der Waals surface area contributed by atoms with Crippen molar-refractivity contribution in [3.8, 4) is 0 Å². The van der Waals surface area contributed by atoms with Crippen molar-refractivity contribution in [3.63, 3.8) is 0 Å². The molecule has 0 aromatic carbocycles. The third-order valence-electron chi connectivity index (χ3n) is 5.90. The summed E-state index contributed by atoms with van der Waals surface area (Å²) in [5.41, 5.74) is 1.40. The number of likely N-dealkylation sites (N-methyl/N-ethyl adjacent to an activating group) is 1. The van der Waals surface area contributed by atoms with Crippen LogP contribution in [0.4, 0.5) is 0 Å². The molecule has 0 spiro atoms. The number of H-pyrrole nitrogens is 1. The Labute approximate surface area is 119 Å². The molecule has 110 valence electrons. The van der Waals surface area contributed by atoms with Crippen LogP contribution in [0.5, 0.6) is 0 Å². The molecule has 0 aliphatic heterocycles. The van der Waals surface area contributed by atoms with Crippen LogP contribution in [-0.4, -0.2) is 23.4 Å². The van der Waals surface area contributed by atoms with E-state index in [2.05, 4.69) is 10.4 Å². The van der Waals surface area contributed by atoms with Crippen LogP contribution < -0.4 is 10.9 Å². The summed E-state index contributed by atoms with van der Waals surface area (Å²) >= 11 is 0. The maximum absolute atomic E-state index is 12.4. The van der Waals surface area contributed by atoms with E-state index in [-0.39, 0.29) is 11.1 Å². The van der Waals surface area contributed by atoms with Crippen molar-refractivity contribution in [2.75, 3.05) is 13.6 Å². The average Bonchev–Trinajstić information content (AvgIpc) is 2.77. The molecule has 2 N–H and O–H groups in total. The summed E-state index contributed by atoms with van der Waals surface area (Å²) < 4.78 is 2.02. The van der Waals surface area contributed by atoms with Crippen molar-refractivity contribution in [2.24, 2.45) is 17.8 Å². The van der Waals surface area contributed by atoms with Gasteiger partial charge in [-0.2, -0.15) is 0 Å². The SMILES string of the molecule is CNCCc1cc(=O)n(C23CC4CC(CC(C4)C2)C3)[nH]1. The predicted molar refractivity (Wildman–Crippen MR) is 78.8 cm³/mol. The molecule has 0 unspecified atom stereocenters.